The van der Waals surface area contributed by atoms with E-state index >= 15 is 0 Å². The van der Waals surface area contributed by atoms with Crippen LogP contribution >= 0.6 is 0 Å². The summed E-state index contributed by atoms with van der Waals surface area (Å²) >= 11 is 0. The van der Waals surface area contributed by atoms with Crippen molar-refractivity contribution in [2.45, 2.75) is 32.7 Å². The molecule has 27 heavy (non-hydrogen) atoms. The van der Waals surface area contributed by atoms with Gasteiger partial charge in [-0.1, -0.05) is 55.8 Å². The summed E-state index contributed by atoms with van der Waals surface area (Å²) < 4.78 is 7.19. The van der Waals surface area contributed by atoms with Crippen LogP contribution in [0.5, 0.6) is 0 Å². The molecule has 1 aliphatic heterocycles. The summed E-state index contributed by atoms with van der Waals surface area (Å²) in [5.74, 6) is 0.331. The normalized spacial score (nSPS) is 16.1. The SMILES string of the molecule is CCCC1=C(C(=O)OCC)[C@@H](c2cccc3ccccc23)n2ncnc2N1. The number of hydrogen-bond donors (Lipinski definition) is 1. The monoisotopic (exact) mass is 362 g/mol. The number of ether oxygens (including phenoxy) is 1. The topological polar surface area (TPSA) is 69.0 Å². The van der Waals surface area contributed by atoms with Gasteiger partial charge in [0.1, 0.15) is 12.4 Å². The summed E-state index contributed by atoms with van der Waals surface area (Å²) in [4.78, 5) is 17.3. The molecule has 6 heteroatoms. The van der Waals surface area contributed by atoms with Gasteiger partial charge in [0, 0.05) is 5.70 Å². The quantitative estimate of drug-likeness (QED) is 0.693. The molecule has 1 aliphatic rings. The smallest absolute Gasteiger partial charge is 0.338 e. The van der Waals surface area contributed by atoms with Crippen molar-refractivity contribution < 1.29 is 9.53 Å². The highest BCUT2D eigenvalue weighted by Crippen LogP contribution is 2.39. The number of esters is 1. The van der Waals surface area contributed by atoms with Crippen LogP contribution in [0.4, 0.5) is 5.95 Å². The Hall–Kier alpha value is -3.15. The fourth-order valence-corrected chi connectivity index (χ4v) is 3.69. The van der Waals surface area contributed by atoms with Gasteiger partial charge in [-0.2, -0.15) is 10.1 Å². The van der Waals surface area contributed by atoms with E-state index < -0.39 is 0 Å². The van der Waals surface area contributed by atoms with E-state index in [1.54, 1.807) is 4.68 Å². The Balaban J connectivity index is 1.98. The molecule has 6 nitrogen and oxygen atoms in total. The van der Waals surface area contributed by atoms with Crippen molar-refractivity contribution >= 4 is 22.7 Å². The highest BCUT2D eigenvalue weighted by atomic mass is 16.5. The Kier molecular flexibility index (Phi) is 4.62. The lowest BCUT2D eigenvalue weighted by molar-refractivity contribution is -0.139. The third-order valence-electron chi connectivity index (χ3n) is 4.79. The van der Waals surface area contributed by atoms with Gasteiger partial charge in [-0.05, 0) is 29.7 Å². The van der Waals surface area contributed by atoms with Crippen LogP contribution in [0.2, 0.25) is 0 Å². The predicted molar refractivity (Wildman–Crippen MR) is 104 cm³/mol. The average molecular weight is 362 g/mol. The molecule has 2 heterocycles. The Morgan fingerprint density at radius 1 is 1.19 bits per heavy atom. The third-order valence-corrected chi connectivity index (χ3v) is 4.79. The molecular weight excluding hydrogens is 340 g/mol. The number of anilines is 1. The molecule has 0 radical (unpaired) electrons. The first-order valence-electron chi connectivity index (χ1n) is 9.29. The molecule has 0 saturated heterocycles. The lowest BCUT2D eigenvalue weighted by Crippen LogP contribution is -2.30. The van der Waals surface area contributed by atoms with Gasteiger partial charge in [0.2, 0.25) is 5.95 Å². The number of carbonyl (C=O) groups excluding carboxylic acids is 1. The molecule has 1 aromatic heterocycles. The summed E-state index contributed by atoms with van der Waals surface area (Å²) in [7, 11) is 0. The van der Waals surface area contributed by atoms with Crippen LogP contribution in [0, 0.1) is 0 Å². The predicted octanol–water partition coefficient (Wildman–Crippen LogP) is 4.06. The lowest BCUT2D eigenvalue weighted by atomic mass is 9.90. The summed E-state index contributed by atoms with van der Waals surface area (Å²) in [6.45, 7) is 4.24. The number of benzene rings is 2. The van der Waals surface area contributed by atoms with Crippen molar-refractivity contribution in [3.8, 4) is 0 Å². The van der Waals surface area contributed by atoms with Gasteiger partial charge in [-0.3, -0.25) is 0 Å². The molecule has 1 atom stereocenters. The van der Waals surface area contributed by atoms with Crippen molar-refractivity contribution in [1.82, 2.24) is 14.8 Å². The van der Waals surface area contributed by atoms with Crippen LogP contribution in [0.3, 0.4) is 0 Å². The van der Waals surface area contributed by atoms with Crippen molar-refractivity contribution in [1.29, 1.82) is 0 Å². The lowest BCUT2D eigenvalue weighted by Gasteiger charge is -2.30. The van der Waals surface area contributed by atoms with Crippen LogP contribution in [0.1, 0.15) is 38.3 Å². The Bertz CT molecular complexity index is 1020. The van der Waals surface area contributed by atoms with Crippen LogP contribution in [0.25, 0.3) is 10.8 Å². The van der Waals surface area contributed by atoms with E-state index in [4.69, 9.17) is 4.74 Å². The first-order chi connectivity index (χ1) is 13.2. The zero-order valence-corrected chi connectivity index (χ0v) is 15.5. The number of aromatic nitrogens is 3. The molecule has 0 spiro atoms. The van der Waals surface area contributed by atoms with Gasteiger partial charge in [0.05, 0.1) is 12.2 Å². The number of fused-ring (bicyclic) bond motifs is 2. The van der Waals surface area contributed by atoms with Crippen molar-refractivity contribution in [3.63, 3.8) is 0 Å². The van der Waals surface area contributed by atoms with Gasteiger partial charge in [0.25, 0.3) is 0 Å². The van der Waals surface area contributed by atoms with Crippen molar-refractivity contribution in [3.05, 3.63) is 65.6 Å². The minimum Gasteiger partial charge on any atom is -0.463 e. The molecular formula is C21H22N4O2. The van der Waals surface area contributed by atoms with Gasteiger partial charge in [-0.25, -0.2) is 9.48 Å². The molecule has 0 amide bonds. The fraction of sp³-hybridized carbons (Fsp3) is 0.286. The zero-order chi connectivity index (χ0) is 18.8. The van der Waals surface area contributed by atoms with Crippen molar-refractivity contribution in [2.75, 3.05) is 11.9 Å². The average Bonchev–Trinajstić information content (AvgIpc) is 3.15. The van der Waals surface area contributed by atoms with E-state index in [-0.39, 0.29) is 12.0 Å². The minimum absolute atomic E-state index is 0.312. The standard InChI is InChI=1S/C21H22N4O2/c1-3-8-17-18(20(26)27-4-2)19(25-21(24-17)22-13-23-25)16-12-7-10-14-9-5-6-11-15(14)16/h5-7,9-13,19H,3-4,8H2,1-2H3,(H,22,23,24)/t19-/m1/s1. The molecule has 0 saturated carbocycles. The Labute approximate surface area is 157 Å². The first kappa shape index (κ1) is 17.3. The maximum atomic E-state index is 13.0. The number of hydrogen-bond acceptors (Lipinski definition) is 5. The number of rotatable bonds is 5. The second-order valence-electron chi connectivity index (χ2n) is 6.49. The van der Waals surface area contributed by atoms with E-state index in [2.05, 4.69) is 40.5 Å². The largest absolute Gasteiger partial charge is 0.463 e. The second-order valence-corrected chi connectivity index (χ2v) is 6.49. The van der Waals surface area contributed by atoms with Crippen molar-refractivity contribution in [2.24, 2.45) is 0 Å². The summed E-state index contributed by atoms with van der Waals surface area (Å²) in [5.41, 5.74) is 2.47. The number of allylic oxidation sites excluding steroid dienone is 1. The second kappa shape index (κ2) is 7.23. The molecule has 0 aliphatic carbocycles. The fourth-order valence-electron chi connectivity index (χ4n) is 3.69. The summed E-state index contributed by atoms with van der Waals surface area (Å²) in [6, 6.07) is 13.9. The van der Waals surface area contributed by atoms with E-state index in [1.807, 2.05) is 31.2 Å². The molecule has 1 N–H and O–H groups in total. The molecule has 3 aromatic rings. The van der Waals surface area contributed by atoms with Gasteiger partial charge >= 0.3 is 5.97 Å². The van der Waals surface area contributed by atoms with Crippen LogP contribution in [-0.4, -0.2) is 27.3 Å². The molecule has 0 bridgehead atoms. The van der Waals surface area contributed by atoms with E-state index in [0.717, 1.165) is 34.9 Å². The van der Waals surface area contributed by atoms with Gasteiger partial charge < -0.3 is 10.1 Å². The highest BCUT2D eigenvalue weighted by molar-refractivity contribution is 5.95. The van der Waals surface area contributed by atoms with Gasteiger partial charge in [0.15, 0.2) is 0 Å². The summed E-state index contributed by atoms with van der Waals surface area (Å²) in [6.07, 6.45) is 3.15. The first-order valence-corrected chi connectivity index (χ1v) is 9.29. The molecule has 0 unspecified atom stereocenters. The number of nitrogens with zero attached hydrogens (tertiary/aromatic N) is 3. The van der Waals surface area contributed by atoms with Crippen LogP contribution in [0.15, 0.2) is 60.1 Å². The number of nitrogens with one attached hydrogen (secondary N) is 1. The Morgan fingerprint density at radius 2 is 2.00 bits per heavy atom. The van der Waals surface area contributed by atoms with E-state index in [9.17, 15) is 4.79 Å². The highest BCUT2D eigenvalue weighted by Gasteiger charge is 2.35. The zero-order valence-electron chi connectivity index (χ0n) is 15.5. The molecule has 2 aromatic carbocycles. The third kappa shape index (κ3) is 2.97. The summed E-state index contributed by atoms with van der Waals surface area (Å²) in [5, 5.41) is 9.90. The Morgan fingerprint density at radius 3 is 2.81 bits per heavy atom. The molecule has 138 valence electrons. The maximum absolute atomic E-state index is 13.0. The van der Waals surface area contributed by atoms with E-state index in [0.29, 0.717) is 18.1 Å². The van der Waals surface area contributed by atoms with Crippen LogP contribution in [-0.2, 0) is 9.53 Å². The maximum Gasteiger partial charge on any atom is 0.338 e. The van der Waals surface area contributed by atoms with Crippen LogP contribution < -0.4 is 5.32 Å². The number of carbonyl (C=O) groups is 1. The minimum atomic E-state index is -0.379. The van der Waals surface area contributed by atoms with Gasteiger partial charge in [-0.15, -0.1) is 0 Å². The molecule has 4 rings (SSSR count). The molecule has 0 fully saturated rings. The van der Waals surface area contributed by atoms with E-state index in [1.165, 1.54) is 6.33 Å².